The summed E-state index contributed by atoms with van der Waals surface area (Å²) < 4.78 is 0. The molecule has 8 heteroatoms. The molecule has 1 heterocycles. The number of benzene rings is 2. The zero-order valence-corrected chi connectivity index (χ0v) is 18.9. The fourth-order valence-electron chi connectivity index (χ4n) is 3.00. The topological polar surface area (TPSA) is 96.0 Å². The van der Waals surface area contributed by atoms with Gasteiger partial charge < -0.3 is 10.6 Å². The molecule has 0 saturated heterocycles. The Bertz CT molecular complexity index is 1050. The van der Waals surface area contributed by atoms with E-state index in [1.54, 1.807) is 6.07 Å². The van der Waals surface area contributed by atoms with Gasteiger partial charge in [0.15, 0.2) is 0 Å². The molecule has 0 saturated carbocycles. The Balaban J connectivity index is 1.67. The molecule has 0 radical (unpaired) electrons. The van der Waals surface area contributed by atoms with Gasteiger partial charge in [-0.1, -0.05) is 73.6 Å². The number of rotatable bonds is 7. The number of nitrogens with one attached hydrogen (secondary N) is 3. The van der Waals surface area contributed by atoms with Crippen LogP contribution in [-0.4, -0.2) is 28.2 Å². The summed E-state index contributed by atoms with van der Waals surface area (Å²) >= 11 is 1.30. The average Bonchev–Trinajstić information content (AvgIpc) is 3.20. The minimum absolute atomic E-state index is 0.0623. The van der Waals surface area contributed by atoms with Crippen LogP contribution in [0.15, 0.2) is 48.5 Å². The maximum Gasteiger partial charge on any atom is 0.319 e. The lowest BCUT2D eigenvalue weighted by molar-refractivity contribution is -0.119. The monoisotopic (exact) mass is 437 g/mol. The van der Waals surface area contributed by atoms with Gasteiger partial charge in [-0.05, 0) is 37.5 Å². The van der Waals surface area contributed by atoms with Gasteiger partial charge in [0.25, 0.3) is 0 Å². The SMILES string of the molecule is CC[C@H](C)[C@H](NC(=O)Nc1cccc(C)c1)C(=O)Nc1nnc(-c2ccc(C)cc2)s1. The van der Waals surface area contributed by atoms with E-state index in [4.69, 9.17) is 0 Å². The summed E-state index contributed by atoms with van der Waals surface area (Å²) in [6.45, 7) is 7.87. The van der Waals surface area contributed by atoms with Crippen LogP contribution in [-0.2, 0) is 4.79 Å². The highest BCUT2D eigenvalue weighted by molar-refractivity contribution is 7.18. The highest BCUT2D eigenvalue weighted by Crippen LogP contribution is 2.26. The Hall–Kier alpha value is -3.26. The lowest BCUT2D eigenvalue weighted by Crippen LogP contribution is -2.49. The fraction of sp³-hybridized carbons (Fsp3) is 0.304. The Morgan fingerprint density at radius 3 is 2.42 bits per heavy atom. The lowest BCUT2D eigenvalue weighted by Gasteiger charge is -2.23. The first-order chi connectivity index (χ1) is 14.9. The molecule has 1 aromatic heterocycles. The summed E-state index contributed by atoms with van der Waals surface area (Å²) in [5, 5.41) is 17.8. The molecule has 0 fully saturated rings. The summed E-state index contributed by atoms with van der Waals surface area (Å²) in [6, 6.07) is 14.3. The summed E-state index contributed by atoms with van der Waals surface area (Å²) in [5.41, 5.74) is 3.81. The van der Waals surface area contributed by atoms with Crippen LogP contribution < -0.4 is 16.0 Å². The van der Waals surface area contributed by atoms with E-state index in [0.717, 1.165) is 28.1 Å². The summed E-state index contributed by atoms with van der Waals surface area (Å²) in [6.07, 6.45) is 0.730. The van der Waals surface area contributed by atoms with E-state index < -0.39 is 12.1 Å². The summed E-state index contributed by atoms with van der Waals surface area (Å²) in [7, 11) is 0. The van der Waals surface area contributed by atoms with Crippen LogP contribution in [0.4, 0.5) is 15.6 Å². The number of urea groups is 1. The van der Waals surface area contributed by atoms with Crippen molar-refractivity contribution in [2.45, 2.75) is 40.2 Å². The molecule has 3 aromatic rings. The predicted octanol–water partition coefficient (Wildman–Crippen LogP) is 5.00. The number of hydrogen-bond donors (Lipinski definition) is 3. The van der Waals surface area contributed by atoms with Gasteiger partial charge in [0, 0.05) is 11.3 Å². The van der Waals surface area contributed by atoms with E-state index in [2.05, 4.69) is 26.1 Å². The van der Waals surface area contributed by atoms with Crippen LogP contribution in [0, 0.1) is 19.8 Å². The first kappa shape index (κ1) is 22.4. The van der Waals surface area contributed by atoms with Gasteiger partial charge in [-0.25, -0.2) is 4.79 Å². The van der Waals surface area contributed by atoms with Crippen molar-refractivity contribution in [3.63, 3.8) is 0 Å². The fourth-order valence-corrected chi connectivity index (χ4v) is 3.75. The van der Waals surface area contributed by atoms with Gasteiger partial charge in [-0.3, -0.25) is 10.1 Å². The smallest absolute Gasteiger partial charge is 0.319 e. The van der Waals surface area contributed by atoms with Crippen molar-refractivity contribution in [3.8, 4) is 10.6 Å². The van der Waals surface area contributed by atoms with Crippen LogP contribution in [0.1, 0.15) is 31.4 Å². The van der Waals surface area contributed by atoms with Gasteiger partial charge in [0.1, 0.15) is 11.0 Å². The van der Waals surface area contributed by atoms with E-state index >= 15 is 0 Å². The largest absolute Gasteiger partial charge is 0.326 e. The van der Waals surface area contributed by atoms with Crippen molar-refractivity contribution < 1.29 is 9.59 Å². The zero-order chi connectivity index (χ0) is 22.4. The quantitative estimate of drug-likeness (QED) is 0.485. The van der Waals surface area contributed by atoms with Crippen molar-refractivity contribution in [1.82, 2.24) is 15.5 Å². The number of aryl methyl sites for hydroxylation is 2. The van der Waals surface area contributed by atoms with E-state index in [-0.39, 0.29) is 11.8 Å². The summed E-state index contributed by atoms with van der Waals surface area (Å²) in [4.78, 5) is 25.4. The number of amides is 3. The molecular weight excluding hydrogens is 410 g/mol. The number of carbonyl (C=O) groups is 2. The molecule has 3 amide bonds. The number of hydrogen-bond acceptors (Lipinski definition) is 5. The zero-order valence-electron chi connectivity index (χ0n) is 18.1. The molecule has 0 aliphatic heterocycles. The van der Waals surface area contributed by atoms with Gasteiger partial charge in [-0.2, -0.15) is 0 Å². The lowest BCUT2D eigenvalue weighted by atomic mass is 9.98. The van der Waals surface area contributed by atoms with Crippen molar-refractivity contribution >= 4 is 34.1 Å². The van der Waals surface area contributed by atoms with Crippen molar-refractivity contribution in [2.24, 2.45) is 5.92 Å². The maximum absolute atomic E-state index is 12.9. The molecule has 162 valence electrons. The summed E-state index contributed by atoms with van der Waals surface area (Å²) in [5.74, 6) is -0.381. The molecule has 0 aliphatic carbocycles. The molecule has 2 aromatic carbocycles. The van der Waals surface area contributed by atoms with Crippen molar-refractivity contribution in [3.05, 3.63) is 59.7 Å². The Morgan fingerprint density at radius 1 is 1.00 bits per heavy atom. The molecule has 2 atom stereocenters. The second kappa shape index (κ2) is 10.2. The minimum atomic E-state index is -0.707. The van der Waals surface area contributed by atoms with Crippen molar-refractivity contribution in [1.29, 1.82) is 0 Å². The normalized spacial score (nSPS) is 12.6. The van der Waals surface area contributed by atoms with Crippen LogP contribution in [0.5, 0.6) is 0 Å². The van der Waals surface area contributed by atoms with E-state index in [1.807, 2.05) is 70.2 Å². The van der Waals surface area contributed by atoms with Crippen LogP contribution in [0.25, 0.3) is 10.6 Å². The average molecular weight is 438 g/mol. The molecule has 0 aliphatic rings. The van der Waals surface area contributed by atoms with E-state index in [9.17, 15) is 9.59 Å². The predicted molar refractivity (Wildman–Crippen MR) is 125 cm³/mol. The third-order valence-corrected chi connectivity index (χ3v) is 5.90. The Labute approximate surface area is 186 Å². The second-order valence-corrected chi connectivity index (χ2v) is 8.58. The van der Waals surface area contributed by atoms with Crippen LogP contribution in [0.2, 0.25) is 0 Å². The highest BCUT2D eigenvalue weighted by atomic mass is 32.1. The minimum Gasteiger partial charge on any atom is -0.326 e. The highest BCUT2D eigenvalue weighted by Gasteiger charge is 2.27. The number of anilines is 2. The molecule has 7 nitrogen and oxygen atoms in total. The number of aromatic nitrogens is 2. The first-order valence-corrected chi connectivity index (χ1v) is 11.0. The Morgan fingerprint density at radius 2 is 1.74 bits per heavy atom. The molecule has 0 bridgehead atoms. The number of nitrogens with zero attached hydrogens (tertiary/aromatic N) is 2. The van der Waals surface area contributed by atoms with Gasteiger partial charge in [-0.15, -0.1) is 10.2 Å². The molecule has 3 N–H and O–H groups in total. The van der Waals surface area contributed by atoms with E-state index in [0.29, 0.717) is 10.8 Å². The molecule has 31 heavy (non-hydrogen) atoms. The van der Waals surface area contributed by atoms with Crippen LogP contribution >= 0.6 is 11.3 Å². The van der Waals surface area contributed by atoms with Gasteiger partial charge in [0.05, 0.1) is 0 Å². The van der Waals surface area contributed by atoms with Crippen molar-refractivity contribution in [2.75, 3.05) is 10.6 Å². The first-order valence-electron chi connectivity index (χ1n) is 10.2. The van der Waals surface area contributed by atoms with E-state index in [1.165, 1.54) is 11.3 Å². The standard InChI is InChI=1S/C23H27N5O2S/c1-5-16(4)19(25-22(30)24-18-8-6-7-15(3)13-18)20(29)26-23-28-27-21(31-23)17-11-9-14(2)10-12-17/h6-13,16,19H,5H2,1-4H3,(H2,24,25,30)(H,26,28,29)/t16-,19-/m0/s1. The Kier molecular flexibility index (Phi) is 7.36. The molecule has 0 unspecified atom stereocenters. The molecular formula is C23H27N5O2S. The number of carbonyl (C=O) groups excluding carboxylic acids is 2. The van der Waals surface area contributed by atoms with Crippen LogP contribution in [0.3, 0.4) is 0 Å². The third-order valence-electron chi connectivity index (χ3n) is 5.01. The third kappa shape index (κ3) is 6.11. The maximum atomic E-state index is 12.9. The van der Waals surface area contributed by atoms with Gasteiger partial charge in [0.2, 0.25) is 11.0 Å². The molecule has 3 rings (SSSR count). The van der Waals surface area contributed by atoms with Gasteiger partial charge >= 0.3 is 6.03 Å². The molecule has 0 spiro atoms. The second-order valence-electron chi connectivity index (χ2n) is 7.60.